The number of hydrogen-bond acceptors (Lipinski definition) is 6. The molecule has 4 heterocycles. The second-order valence-electron chi connectivity index (χ2n) is 6.77. The molecule has 2 N–H and O–H groups in total. The molecule has 26 heavy (non-hydrogen) atoms. The standard InChI is InChI=1S/C16H18ClF2N5O2/c1-20-13-9-11(10(19)12(17)22-14(9)25)21-15(23-13)26-7-16-3-2-4-24(16)6-8(18)5-16/h8H,2-7H2,1H3,(H,22,25)(H,20,21,23)/t8-,16+/m1/s1. The zero-order valence-corrected chi connectivity index (χ0v) is 14.9. The third kappa shape index (κ3) is 2.69. The number of H-pyrrole nitrogens is 1. The molecular formula is C16H18ClF2N5O2. The second kappa shape index (κ2) is 6.31. The number of alkyl halides is 1. The monoisotopic (exact) mass is 385 g/mol. The van der Waals surface area contributed by atoms with Crippen molar-refractivity contribution in [2.24, 2.45) is 0 Å². The van der Waals surface area contributed by atoms with Gasteiger partial charge in [-0.1, -0.05) is 11.6 Å². The topological polar surface area (TPSA) is 83.1 Å². The van der Waals surface area contributed by atoms with E-state index < -0.39 is 22.7 Å². The number of ether oxygens (including phenoxy) is 1. The van der Waals surface area contributed by atoms with E-state index in [1.807, 2.05) is 0 Å². The summed E-state index contributed by atoms with van der Waals surface area (Å²) in [5.41, 5.74) is -1.19. The maximum Gasteiger partial charge on any atom is 0.319 e. The molecule has 0 amide bonds. The molecule has 2 saturated heterocycles. The van der Waals surface area contributed by atoms with Crippen molar-refractivity contribution >= 4 is 28.3 Å². The molecule has 7 nitrogen and oxygen atoms in total. The number of anilines is 1. The van der Waals surface area contributed by atoms with Crippen molar-refractivity contribution in [3.05, 3.63) is 21.3 Å². The van der Waals surface area contributed by atoms with E-state index in [0.717, 1.165) is 19.4 Å². The first kappa shape index (κ1) is 17.4. The van der Waals surface area contributed by atoms with Gasteiger partial charge in [0.2, 0.25) is 0 Å². The highest BCUT2D eigenvalue weighted by molar-refractivity contribution is 6.30. The van der Waals surface area contributed by atoms with Crippen LogP contribution in [0.4, 0.5) is 14.6 Å². The van der Waals surface area contributed by atoms with Crippen molar-refractivity contribution in [2.75, 3.05) is 32.1 Å². The van der Waals surface area contributed by atoms with Gasteiger partial charge < -0.3 is 15.0 Å². The maximum atomic E-state index is 14.3. The Balaban J connectivity index is 1.69. The van der Waals surface area contributed by atoms with Gasteiger partial charge in [0, 0.05) is 20.0 Å². The Bertz CT molecular complexity index is 924. The molecule has 0 aliphatic carbocycles. The molecule has 2 atom stereocenters. The van der Waals surface area contributed by atoms with E-state index in [0.29, 0.717) is 13.0 Å². The Labute approximate surface area is 152 Å². The van der Waals surface area contributed by atoms with Crippen LogP contribution in [0.15, 0.2) is 4.79 Å². The van der Waals surface area contributed by atoms with Crippen LogP contribution in [0.25, 0.3) is 10.9 Å². The predicted octanol–water partition coefficient (Wildman–Crippen LogP) is 2.11. The van der Waals surface area contributed by atoms with Crippen molar-refractivity contribution in [1.82, 2.24) is 19.9 Å². The third-order valence-corrected chi connectivity index (χ3v) is 5.47. The van der Waals surface area contributed by atoms with E-state index >= 15 is 0 Å². The van der Waals surface area contributed by atoms with Crippen LogP contribution in [0.5, 0.6) is 6.01 Å². The quantitative estimate of drug-likeness (QED) is 0.784. The first-order valence-corrected chi connectivity index (χ1v) is 8.80. The first-order valence-electron chi connectivity index (χ1n) is 8.42. The Morgan fingerprint density at radius 2 is 2.31 bits per heavy atom. The van der Waals surface area contributed by atoms with Crippen LogP contribution in [0.2, 0.25) is 5.15 Å². The van der Waals surface area contributed by atoms with Gasteiger partial charge in [0.1, 0.15) is 34.7 Å². The highest BCUT2D eigenvalue weighted by atomic mass is 35.5. The number of nitrogens with zero attached hydrogens (tertiary/aromatic N) is 3. The third-order valence-electron chi connectivity index (χ3n) is 5.21. The summed E-state index contributed by atoms with van der Waals surface area (Å²) in [4.78, 5) is 24.6. The Kier molecular flexibility index (Phi) is 4.23. The molecule has 2 aliphatic rings. The van der Waals surface area contributed by atoms with Crippen molar-refractivity contribution in [1.29, 1.82) is 0 Å². The van der Waals surface area contributed by atoms with Gasteiger partial charge in [0.05, 0.1) is 5.54 Å². The van der Waals surface area contributed by atoms with Gasteiger partial charge in [-0.2, -0.15) is 9.97 Å². The summed E-state index contributed by atoms with van der Waals surface area (Å²) in [6.07, 6.45) is 1.34. The molecule has 0 saturated carbocycles. The number of nitrogens with one attached hydrogen (secondary N) is 2. The van der Waals surface area contributed by atoms with Gasteiger partial charge in [-0.15, -0.1) is 0 Å². The highest BCUT2D eigenvalue weighted by Gasteiger charge is 2.49. The fourth-order valence-electron chi connectivity index (χ4n) is 4.03. The molecule has 140 valence electrons. The normalized spacial score (nSPS) is 25.6. The van der Waals surface area contributed by atoms with E-state index in [4.69, 9.17) is 16.3 Å². The zero-order valence-electron chi connectivity index (χ0n) is 14.1. The van der Waals surface area contributed by atoms with E-state index in [1.54, 1.807) is 7.05 Å². The zero-order chi connectivity index (χ0) is 18.5. The van der Waals surface area contributed by atoms with Crippen LogP contribution in [-0.4, -0.2) is 58.3 Å². The van der Waals surface area contributed by atoms with Crippen molar-refractivity contribution < 1.29 is 13.5 Å². The number of aromatic nitrogens is 3. The number of fused-ring (bicyclic) bond motifs is 2. The largest absolute Gasteiger partial charge is 0.461 e. The number of pyridine rings is 1. The molecular weight excluding hydrogens is 368 g/mol. The molecule has 0 spiro atoms. The fourth-order valence-corrected chi connectivity index (χ4v) is 4.20. The van der Waals surface area contributed by atoms with E-state index in [2.05, 4.69) is 25.2 Å². The lowest BCUT2D eigenvalue weighted by atomic mass is 9.95. The smallest absolute Gasteiger partial charge is 0.319 e. The number of hydrogen-bond donors (Lipinski definition) is 2. The summed E-state index contributed by atoms with van der Waals surface area (Å²) in [7, 11) is 1.56. The number of halogens is 3. The van der Waals surface area contributed by atoms with Gasteiger partial charge >= 0.3 is 6.01 Å². The van der Waals surface area contributed by atoms with E-state index in [1.165, 1.54) is 0 Å². The van der Waals surface area contributed by atoms with E-state index in [-0.39, 0.29) is 34.9 Å². The van der Waals surface area contributed by atoms with Crippen LogP contribution in [0, 0.1) is 5.82 Å². The fraction of sp³-hybridized carbons (Fsp3) is 0.562. The molecule has 10 heteroatoms. The highest BCUT2D eigenvalue weighted by Crippen LogP contribution is 2.40. The van der Waals surface area contributed by atoms with Gasteiger partial charge in [0.15, 0.2) is 5.82 Å². The van der Waals surface area contributed by atoms with Crippen molar-refractivity contribution in [2.45, 2.75) is 31.0 Å². The van der Waals surface area contributed by atoms with Gasteiger partial charge in [0.25, 0.3) is 5.56 Å². The molecule has 2 aliphatic heterocycles. The second-order valence-corrected chi connectivity index (χ2v) is 7.15. The summed E-state index contributed by atoms with van der Waals surface area (Å²) >= 11 is 5.71. The minimum absolute atomic E-state index is 0.0351. The summed E-state index contributed by atoms with van der Waals surface area (Å²) in [5.74, 6) is -0.715. The van der Waals surface area contributed by atoms with Crippen LogP contribution in [0.3, 0.4) is 0 Å². The Hall–Kier alpha value is -2.00. The van der Waals surface area contributed by atoms with Crippen LogP contribution in [-0.2, 0) is 0 Å². The van der Waals surface area contributed by atoms with Crippen molar-refractivity contribution in [3.63, 3.8) is 0 Å². The van der Waals surface area contributed by atoms with Gasteiger partial charge in [-0.3, -0.25) is 9.69 Å². The van der Waals surface area contributed by atoms with Gasteiger partial charge in [-0.25, -0.2) is 8.78 Å². The van der Waals surface area contributed by atoms with Crippen LogP contribution >= 0.6 is 11.6 Å². The SMILES string of the molecule is CNc1nc(OC[C@@]23CCCN2C[C@H](F)C3)nc2c(F)c(Cl)[nH]c(=O)c12. The lowest BCUT2D eigenvalue weighted by Gasteiger charge is -2.30. The Morgan fingerprint density at radius 1 is 1.50 bits per heavy atom. The number of rotatable bonds is 4. The molecule has 4 rings (SSSR count). The minimum Gasteiger partial charge on any atom is -0.461 e. The molecule has 0 unspecified atom stereocenters. The molecule has 0 bridgehead atoms. The number of aromatic amines is 1. The molecule has 2 fully saturated rings. The van der Waals surface area contributed by atoms with Crippen LogP contribution in [0.1, 0.15) is 19.3 Å². The first-order chi connectivity index (χ1) is 12.4. The lowest BCUT2D eigenvalue weighted by Crippen LogP contribution is -2.43. The molecule has 2 aromatic rings. The van der Waals surface area contributed by atoms with E-state index in [9.17, 15) is 13.6 Å². The lowest BCUT2D eigenvalue weighted by molar-refractivity contribution is 0.107. The maximum absolute atomic E-state index is 14.3. The average molecular weight is 386 g/mol. The summed E-state index contributed by atoms with van der Waals surface area (Å²) < 4.78 is 33.9. The van der Waals surface area contributed by atoms with Gasteiger partial charge in [-0.05, 0) is 19.4 Å². The Morgan fingerprint density at radius 3 is 3.08 bits per heavy atom. The summed E-state index contributed by atoms with van der Waals surface area (Å²) in [6, 6.07) is -0.0778. The summed E-state index contributed by atoms with van der Waals surface area (Å²) in [5, 5.41) is 2.29. The van der Waals surface area contributed by atoms with Crippen molar-refractivity contribution in [3.8, 4) is 6.01 Å². The molecule has 2 aromatic heterocycles. The average Bonchev–Trinajstić information content (AvgIpc) is 3.12. The predicted molar refractivity (Wildman–Crippen MR) is 93.2 cm³/mol. The summed E-state index contributed by atoms with van der Waals surface area (Å²) in [6.45, 7) is 1.45. The van der Waals surface area contributed by atoms with Crippen LogP contribution < -0.4 is 15.6 Å². The minimum atomic E-state index is -0.876. The molecule has 0 aromatic carbocycles. The molecule has 0 radical (unpaired) electrons.